The molecule has 0 saturated heterocycles. The van der Waals surface area contributed by atoms with Crippen molar-refractivity contribution in [3.05, 3.63) is 34.9 Å². The lowest BCUT2D eigenvalue weighted by Gasteiger charge is -2.30. The van der Waals surface area contributed by atoms with E-state index in [4.69, 9.17) is 16.7 Å². The third-order valence-corrected chi connectivity index (χ3v) is 4.28. The summed E-state index contributed by atoms with van der Waals surface area (Å²) in [5.41, 5.74) is 1.10. The minimum Gasteiger partial charge on any atom is -0.481 e. The van der Waals surface area contributed by atoms with E-state index in [-0.39, 0.29) is 12.0 Å². The van der Waals surface area contributed by atoms with Gasteiger partial charge in [0.2, 0.25) is 0 Å². The van der Waals surface area contributed by atoms with Gasteiger partial charge in [-0.05, 0) is 44.2 Å². The Labute approximate surface area is 119 Å². The van der Waals surface area contributed by atoms with Crippen molar-refractivity contribution >= 4 is 17.6 Å². The fourth-order valence-corrected chi connectivity index (χ4v) is 3.08. The molecule has 19 heavy (non-hydrogen) atoms. The highest BCUT2D eigenvalue weighted by Crippen LogP contribution is 2.28. The molecular weight excluding hydrogens is 262 g/mol. The van der Waals surface area contributed by atoms with Crippen LogP contribution in [0.4, 0.5) is 0 Å². The fourth-order valence-electron chi connectivity index (χ4n) is 2.78. The van der Waals surface area contributed by atoms with Crippen molar-refractivity contribution in [3.63, 3.8) is 0 Å². The van der Waals surface area contributed by atoms with Crippen molar-refractivity contribution in [2.45, 2.75) is 44.7 Å². The Bertz CT molecular complexity index is 442. The van der Waals surface area contributed by atoms with Gasteiger partial charge in [0.05, 0.1) is 5.92 Å². The molecule has 104 valence electrons. The smallest absolute Gasteiger partial charge is 0.306 e. The van der Waals surface area contributed by atoms with E-state index >= 15 is 0 Å². The zero-order chi connectivity index (χ0) is 13.8. The van der Waals surface area contributed by atoms with Crippen molar-refractivity contribution in [1.82, 2.24) is 5.32 Å². The monoisotopic (exact) mass is 281 g/mol. The zero-order valence-electron chi connectivity index (χ0n) is 11.1. The molecule has 4 heteroatoms. The van der Waals surface area contributed by atoms with E-state index in [1.807, 2.05) is 24.3 Å². The molecule has 0 spiro atoms. The van der Waals surface area contributed by atoms with E-state index in [2.05, 4.69) is 12.2 Å². The predicted molar refractivity (Wildman–Crippen MR) is 76.4 cm³/mol. The van der Waals surface area contributed by atoms with Crippen molar-refractivity contribution in [1.29, 1.82) is 0 Å². The van der Waals surface area contributed by atoms with Crippen molar-refractivity contribution in [2.75, 3.05) is 0 Å². The van der Waals surface area contributed by atoms with E-state index in [0.29, 0.717) is 6.04 Å². The Kier molecular flexibility index (Phi) is 4.83. The Hall–Kier alpha value is -1.06. The zero-order valence-corrected chi connectivity index (χ0v) is 11.9. The highest BCUT2D eigenvalue weighted by Gasteiger charge is 2.26. The highest BCUT2D eigenvalue weighted by molar-refractivity contribution is 6.31. The number of nitrogens with one attached hydrogen (secondary N) is 1. The molecule has 2 N–H and O–H groups in total. The molecule has 1 aliphatic carbocycles. The number of rotatable bonds is 4. The van der Waals surface area contributed by atoms with Gasteiger partial charge in [-0.1, -0.05) is 29.8 Å². The van der Waals surface area contributed by atoms with Crippen LogP contribution in [0.15, 0.2) is 24.3 Å². The van der Waals surface area contributed by atoms with Gasteiger partial charge in [0.25, 0.3) is 0 Å². The van der Waals surface area contributed by atoms with E-state index in [1.165, 1.54) is 0 Å². The Morgan fingerprint density at radius 1 is 1.32 bits per heavy atom. The molecule has 1 unspecified atom stereocenters. The first-order valence-corrected chi connectivity index (χ1v) is 7.19. The van der Waals surface area contributed by atoms with Crippen molar-refractivity contribution in [2.24, 2.45) is 5.92 Å². The van der Waals surface area contributed by atoms with Gasteiger partial charge in [-0.2, -0.15) is 0 Å². The number of halogens is 1. The fraction of sp³-hybridized carbons (Fsp3) is 0.533. The van der Waals surface area contributed by atoms with Crippen LogP contribution in [0.2, 0.25) is 5.02 Å². The summed E-state index contributed by atoms with van der Waals surface area (Å²) in [6.45, 7) is 2.10. The van der Waals surface area contributed by atoms with Gasteiger partial charge < -0.3 is 10.4 Å². The van der Waals surface area contributed by atoms with Gasteiger partial charge in [-0.3, -0.25) is 4.79 Å². The molecule has 3 nitrogen and oxygen atoms in total. The summed E-state index contributed by atoms with van der Waals surface area (Å²) in [5.74, 6) is -0.814. The summed E-state index contributed by atoms with van der Waals surface area (Å²) in [7, 11) is 0. The summed E-state index contributed by atoms with van der Waals surface area (Å²) in [6, 6.07) is 8.43. The number of hydrogen-bond acceptors (Lipinski definition) is 2. The SMILES string of the molecule is CC(NC1CCC(C(=O)O)CC1)c1ccccc1Cl. The second kappa shape index (κ2) is 6.40. The van der Waals surface area contributed by atoms with Crippen LogP contribution in [0.3, 0.4) is 0 Å². The normalized spacial score (nSPS) is 24.9. The lowest BCUT2D eigenvalue weighted by atomic mass is 9.85. The lowest BCUT2D eigenvalue weighted by molar-refractivity contribution is -0.142. The summed E-state index contributed by atoms with van der Waals surface area (Å²) in [5, 5.41) is 13.3. The molecule has 1 saturated carbocycles. The van der Waals surface area contributed by atoms with Crippen molar-refractivity contribution in [3.8, 4) is 0 Å². The van der Waals surface area contributed by atoms with E-state index < -0.39 is 5.97 Å². The van der Waals surface area contributed by atoms with Crippen LogP contribution in [0.25, 0.3) is 0 Å². The number of benzene rings is 1. The summed E-state index contributed by atoms with van der Waals surface area (Å²) in [4.78, 5) is 10.9. The molecule has 1 aliphatic rings. The van der Waals surface area contributed by atoms with Gasteiger partial charge in [0.15, 0.2) is 0 Å². The summed E-state index contributed by atoms with van der Waals surface area (Å²) in [6.07, 6.45) is 3.38. The summed E-state index contributed by atoms with van der Waals surface area (Å²) >= 11 is 6.18. The first-order valence-electron chi connectivity index (χ1n) is 6.81. The number of carboxylic acids is 1. The molecule has 0 bridgehead atoms. The van der Waals surface area contributed by atoms with Crippen LogP contribution in [0.5, 0.6) is 0 Å². The van der Waals surface area contributed by atoms with Gasteiger partial charge in [0.1, 0.15) is 0 Å². The maximum absolute atomic E-state index is 10.9. The third kappa shape index (κ3) is 3.71. The average Bonchev–Trinajstić information content (AvgIpc) is 2.39. The average molecular weight is 282 g/mol. The molecule has 0 heterocycles. The molecule has 0 aromatic heterocycles. The molecule has 1 fully saturated rings. The molecule has 1 aromatic rings. The molecule has 1 atom stereocenters. The standard InChI is InChI=1S/C15H20ClNO2/c1-10(13-4-2-3-5-14(13)16)17-12-8-6-11(7-9-12)15(18)19/h2-5,10-12,17H,6-9H2,1H3,(H,18,19). The van der Waals surface area contributed by atoms with Crippen LogP contribution in [0.1, 0.15) is 44.2 Å². The molecule has 0 amide bonds. The third-order valence-electron chi connectivity index (χ3n) is 3.93. The number of carboxylic acid groups (broad SMARTS) is 1. The molecule has 1 aromatic carbocycles. The number of hydrogen-bond donors (Lipinski definition) is 2. The maximum atomic E-state index is 10.9. The second-order valence-corrected chi connectivity index (χ2v) is 5.70. The van der Waals surface area contributed by atoms with Crippen LogP contribution in [-0.4, -0.2) is 17.1 Å². The van der Waals surface area contributed by atoms with Crippen molar-refractivity contribution < 1.29 is 9.90 Å². The van der Waals surface area contributed by atoms with Gasteiger partial charge in [0, 0.05) is 17.1 Å². The Balaban J connectivity index is 1.89. The van der Waals surface area contributed by atoms with Crippen LogP contribution in [0, 0.1) is 5.92 Å². The Morgan fingerprint density at radius 2 is 1.95 bits per heavy atom. The molecule has 0 radical (unpaired) electrons. The summed E-state index contributed by atoms with van der Waals surface area (Å²) < 4.78 is 0. The predicted octanol–water partition coefficient (Wildman–Crippen LogP) is 3.63. The van der Waals surface area contributed by atoms with Gasteiger partial charge >= 0.3 is 5.97 Å². The minimum absolute atomic E-state index is 0.159. The van der Waals surface area contributed by atoms with Gasteiger partial charge in [-0.25, -0.2) is 0 Å². The van der Waals surface area contributed by atoms with Crippen LogP contribution < -0.4 is 5.32 Å². The Morgan fingerprint density at radius 3 is 2.53 bits per heavy atom. The number of carbonyl (C=O) groups is 1. The molecular formula is C15H20ClNO2. The van der Waals surface area contributed by atoms with E-state index in [1.54, 1.807) is 0 Å². The lowest BCUT2D eigenvalue weighted by Crippen LogP contribution is -2.36. The minimum atomic E-state index is -0.655. The quantitative estimate of drug-likeness (QED) is 0.886. The van der Waals surface area contributed by atoms with E-state index in [9.17, 15) is 4.79 Å². The topological polar surface area (TPSA) is 49.3 Å². The first kappa shape index (κ1) is 14.4. The molecule has 0 aliphatic heterocycles. The molecule has 2 rings (SSSR count). The van der Waals surface area contributed by atoms with E-state index in [0.717, 1.165) is 36.3 Å². The van der Waals surface area contributed by atoms with Crippen LogP contribution in [-0.2, 0) is 4.79 Å². The largest absolute Gasteiger partial charge is 0.481 e. The number of aliphatic carboxylic acids is 1. The van der Waals surface area contributed by atoms with Crippen LogP contribution >= 0.6 is 11.6 Å². The van der Waals surface area contributed by atoms with Gasteiger partial charge in [-0.15, -0.1) is 0 Å². The highest BCUT2D eigenvalue weighted by atomic mass is 35.5. The maximum Gasteiger partial charge on any atom is 0.306 e. The first-order chi connectivity index (χ1) is 9.08. The second-order valence-electron chi connectivity index (χ2n) is 5.30.